The van der Waals surface area contributed by atoms with Gasteiger partial charge in [0.05, 0.1) is 18.1 Å². The summed E-state index contributed by atoms with van der Waals surface area (Å²) >= 11 is 0. The maximum atomic E-state index is 11.8. The molecular formula is C14H16N2O3S. The van der Waals surface area contributed by atoms with E-state index in [0.717, 1.165) is 5.56 Å². The number of sulfone groups is 1. The number of nitrogens with one attached hydrogen (secondary N) is 1. The fourth-order valence-corrected chi connectivity index (χ4v) is 3.02. The molecule has 106 valence electrons. The van der Waals surface area contributed by atoms with Gasteiger partial charge in [-0.25, -0.2) is 13.2 Å². The van der Waals surface area contributed by atoms with Gasteiger partial charge in [-0.2, -0.15) is 0 Å². The van der Waals surface area contributed by atoms with Gasteiger partial charge in [-0.15, -0.1) is 0 Å². The van der Waals surface area contributed by atoms with Gasteiger partial charge in [-0.05, 0) is 12.1 Å². The lowest BCUT2D eigenvalue weighted by Crippen LogP contribution is -2.48. The normalized spacial score (nSPS) is 16.9. The lowest BCUT2D eigenvalue weighted by molar-refractivity contribution is 0.203. The van der Waals surface area contributed by atoms with Crippen molar-refractivity contribution in [2.45, 2.75) is 0 Å². The van der Waals surface area contributed by atoms with Crippen LogP contribution in [-0.2, 0) is 9.84 Å². The molecule has 0 saturated carbocycles. The molecular weight excluding hydrogens is 276 g/mol. The third kappa shape index (κ3) is 4.28. The van der Waals surface area contributed by atoms with Gasteiger partial charge in [0.15, 0.2) is 9.84 Å². The molecule has 1 aliphatic rings. The predicted molar refractivity (Wildman–Crippen MR) is 76.9 cm³/mol. The molecule has 0 aromatic heterocycles. The number of urea groups is 1. The number of amides is 2. The Morgan fingerprint density at radius 2 is 1.85 bits per heavy atom. The van der Waals surface area contributed by atoms with Crippen molar-refractivity contribution >= 4 is 15.9 Å². The van der Waals surface area contributed by atoms with E-state index in [1.807, 2.05) is 30.3 Å². The Kier molecular flexibility index (Phi) is 4.64. The van der Waals surface area contributed by atoms with Gasteiger partial charge in [-0.1, -0.05) is 30.0 Å². The van der Waals surface area contributed by atoms with Crippen molar-refractivity contribution in [1.29, 1.82) is 0 Å². The highest BCUT2D eigenvalue weighted by Gasteiger charge is 2.24. The molecule has 0 bridgehead atoms. The van der Waals surface area contributed by atoms with Gasteiger partial charge >= 0.3 is 6.03 Å². The van der Waals surface area contributed by atoms with Gasteiger partial charge in [0.25, 0.3) is 0 Å². The Hall–Kier alpha value is -2.00. The summed E-state index contributed by atoms with van der Waals surface area (Å²) in [6.07, 6.45) is 0. The first kappa shape index (κ1) is 14.4. The molecule has 0 aliphatic carbocycles. The van der Waals surface area contributed by atoms with Crippen molar-refractivity contribution in [3.05, 3.63) is 35.9 Å². The highest BCUT2D eigenvalue weighted by molar-refractivity contribution is 7.91. The molecule has 1 aromatic carbocycles. The number of nitrogens with zero attached hydrogens (tertiary/aromatic N) is 1. The Bertz CT molecular complexity index is 615. The van der Waals surface area contributed by atoms with Crippen LogP contribution in [0.3, 0.4) is 0 Å². The Balaban J connectivity index is 1.78. The molecule has 1 N–H and O–H groups in total. The molecule has 1 aliphatic heterocycles. The second-order valence-corrected chi connectivity index (χ2v) is 6.77. The lowest BCUT2D eigenvalue weighted by Gasteiger charge is -2.26. The van der Waals surface area contributed by atoms with Crippen LogP contribution in [0.25, 0.3) is 0 Å². The van der Waals surface area contributed by atoms with Crippen LogP contribution in [0.15, 0.2) is 30.3 Å². The van der Waals surface area contributed by atoms with E-state index in [0.29, 0.717) is 0 Å². The van der Waals surface area contributed by atoms with Crippen LogP contribution in [0.1, 0.15) is 5.56 Å². The van der Waals surface area contributed by atoms with Crippen molar-refractivity contribution in [1.82, 2.24) is 10.2 Å². The molecule has 20 heavy (non-hydrogen) atoms. The first-order valence-corrected chi connectivity index (χ1v) is 8.16. The van der Waals surface area contributed by atoms with Crippen LogP contribution in [0.5, 0.6) is 0 Å². The van der Waals surface area contributed by atoms with Crippen molar-refractivity contribution in [3.63, 3.8) is 0 Å². The Morgan fingerprint density at radius 3 is 2.50 bits per heavy atom. The average Bonchev–Trinajstić information content (AvgIpc) is 2.44. The quantitative estimate of drug-likeness (QED) is 0.766. The number of rotatable bonds is 1. The maximum Gasteiger partial charge on any atom is 0.318 e. The van der Waals surface area contributed by atoms with E-state index in [-0.39, 0.29) is 37.2 Å². The fourth-order valence-electron chi connectivity index (χ4n) is 1.81. The van der Waals surface area contributed by atoms with Crippen LogP contribution >= 0.6 is 0 Å². The fraction of sp³-hybridized carbons (Fsp3) is 0.357. The summed E-state index contributed by atoms with van der Waals surface area (Å²) in [4.78, 5) is 13.3. The van der Waals surface area contributed by atoms with Crippen molar-refractivity contribution in [2.24, 2.45) is 0 Å². The molecule has 0 spiro atoms. The zero-order valence-corrected chi connectivity index (χ0v) is 11.8. The predicted octanol–water partition coefficient (Wildman–Crippen LogP) is 0.478. The number of carbonyl (C=O) groups excluding carboxylic acids is 1. The number of hydrogen-bond donors (Lipinski definition) is 1. The topological polar surface area (TPSA) is 66.5 Å². The summed E-state index contributed by atoms with van der Waals surface area (Å²) in [6, 6.07) is 9.24. The van der Waals surface area contributed by atoms with Crippen LogP contribution in [0.2, 0.25) is 0 Å². The third-order valence-corrected chi connectivity index (χ3v) is 4.58. The summed E-state index contributed by atoms with van der Waals surface area (Å²) in [5, 5.41) is 2.67. The molecule has 0 atom stereocenters. The number of carbonyl (C=O) groups is 1. The van der Waals surface area contributed by atoms with E-state index in [4.69, 9.17) is 0 Å². The zero-order chi connectivity index (χ0) is 14.4. The molecule has 1 saturated heterocycles. The standard InChI is InChI=1S/C14H16N2O3S/c17-14(16-9-11-20(18,19)12-10-16)15-8-4-7-13-5-2-1-3-6-13/h1-3,5-6H,8-12H2,(H,15,17). The number of benzene rings is 1. The molecule has 1 heterocycles. The minimum atomic E-state index is -2.96. The van der Waals surface area contributed by atoms with Crippen LogP contribution < -0.4 is 5.32 Å². The van der Waals surface area contributed by atoms with Gasteiger partial charge in [0.1, 0.15) is 0 Å². The number of hydrogen-bond acceptors (Lipinski definition) is 3. The molecule has 0 radical (unpaired) electrons. The lowest BCUT2D eigenvalue weighted by atomic mass is 10.2. The molecule has 0 unspecified atom stereocenters. The highest BCUT2D eigenvalue weighted by Crippen LogP contribution is 2.03. The van der Waals surface area contributed by atoms with Gasteiger partial charge < -0.3 is 10.2 Å². The second-order valence-electron chi connectivity index (χ2n) is 4.47. The average molecular weight is 292 g/mol. The van der Waals surface area contributed by atoms with Crippen molar-refractivity contribution in [3.8, 4) is 11.8 Å². The van der Waals surface area contributed by atoms with E-state index < -0.39 is 9.84 Å². The van der Waals surface area contributed by atoms with E-state index in [1.165, 1.54) is 4.90 Å². The monoisotopic (exact) mass is 292 g/mol. The van der Waals surface area contributed by atoms with E-state index >= 15 is 0 Å². The summed E-state index contributed by atoms with van der Waals surface area (Å²) in [5.41, 5.74) is 0.894. The minimum Gasteiger partial charge on any atom is -0.327 e. The summed E-state index contributed by atoms with van der Waals surface area (Å²) in [5.74, 6) is 5.87. The Labute approximate surface area is 118 Å². The molecule has 1 aromatic rings. The molecule has 5 nitrogen and oxygen atoms in total. The third-order valence-electron chi connectivity index (χ3n) is 2.97. The first-order chi connectivity index (χ1) is 9.57. The van der Waals surface area contributed by atoms with Gasteiger partial charge in [0.2, 0.25) is 0 Å². The van der Waals surface area contributed by atoms with Crippen molar-refractivity contribution in [2.75, 3.05) is 31.1 Å². The second kappa shape index (κ2) is 6.44. The summed E-state index contributed by atoms with van der Waals surface area (Å²) in [7, 11) is -2.96. The van der Waals surface area contributed by atoms with E-state index in [2.05, 4.69) is 17.2 Å². The largest absolute Gasteiger partial charge is 0.327 e. The molecule has 2 rings (SSSR count). The van der Waals surface area contributed by atoms with Crippen molar-refractivity contribution < 1.29 is 13.2 Å². The Morgan fingerprint density at radius 1 is 1.20 bits per heavy atom. The van der Waals surface area contributed by atoms with Crippen LogP contribution in [0, 0.1) is 11.8 Å². The van der Waals surface area contributed by atoms with Crippen LogP contribution in [0.4, 0.5) is 4.79 Å². The minimum absolute atomic E-state index is 0.0378. The molecule has 6 heteroatoms. The van der Waals surface area contributed by atoms with E-state index in [1.54, 1.807) is 0 Å². The SMILES string of the molecule is O=C(NCC#Cc1ccccc1)N1CCS(=O)(=O)CC1. The maximum absolute atomic E-state index is 11.8. The highest BCUT2D eigenvalue weighted by atomic mass is 32.2. The first-order valence-electron chi connectivity index (χ1n) is 6.34. The molecule has 2 amide bonds. The summed E-state index contributed by atoms with van der Waals surface area (Å²) in [6.45, 7) is 0.748. The zero-order valence-electron chi connectivity index (χ0n) is 11.0. The van der Waals surface area contributed by atoms with Gasteiger partial charge in [0, 0.05) is 18.7 Å². The summed E-state index contributed by atoms with van der Waals surface area (Å²) < 4.78 is 22.5. The smallest absolute Gasteiger partial charge is 0.318 e. The van der Waals surface area contributed by atoms with E-state index in [9.17, 15) is 13.2 Å². The molecule has 1 fully saturated rings. The van der Waals surface area contributed by atoms with Crippen LogP contribution in [-0.4, -0.2) is 50.5 Å². The van der Waals surface area contributed by atoms with Gasteiger partial charge in [-0.3, -0.25) is 0 Å².